The van der Waals surface area contributed by atoms with Gasteiger partial charge in [0.2, 0.25) is 0 Å². The number of imide groups is 1. The number of nitrogens with two attached hydrogens (primary N) is 1. The third kappa shape index (κ3) is 5.74. The first-order valence-corrected chi connectivity index (χ1v) is 8.61. The minimum Gasteiger partial charge on any atom is -0.341 e. The summed E-state index contributed by atoms with van der Waals surface area (Å²) >= 11 is 12.1. The normalized spacial score (nSPS) is 11.6. The van der Waals surface area contributed by atoms with Gasteiger partial charge in [0.15, 0.2) is 6.04 Å². The summed E-state index contributed by atoms with van der Waals surface area (Å²) in [5, 5.41) is 7.79. The van der Waals surface area contributed by atoms with E-state index in [0.29, 0.717) is 23.0 Å². The van der Waals surface area contributed by atoms with Gasteiger partial charge in [-0.15, -0.1) is 0 Å². The van der Waals surface area contributed by atoms with Crippen LogP contribution in [0.3, 0.4) is 0 Å². The molecule has 2 rings (SSSR count). The second-order valence-electron chi connectivity index (χ2n) is 5.47. The van der Waals surface area contributed by atoms with E-state index < -0.39 is 12.1 Å². The van der Waals surface area contributed by atoms with Gasteiger partial charge in [0.05, 0.1) is 6.54 Å². The van der Waals surface area contributed by atoms with E-state index in [2.05, 4.69) is 10.6 Å². The highest BCUT2D eigenvalue weighted by molar-refractivity contribution is 6.35. The lowest BCUT2D eigenvalue weighted by Crippen LogP contribution is -2.88. The zero-order valence-corrected chi connectivity index (χ0v) is 15.3. The molecule has 25 heavy (non-hydrogen) atoms. The molecule has 0 aromatic heterocycles. The number of nitrogens with one attached hydrogen (secondary N) is 2. The predicted molar refractivity (Wildman–Crippen MR) is 98.7 cm³/mol. The second kappa shape index (κ2) is 9.42. The van der Waals surface area contributed by atoms with Gasteiger partial charge in [0, 0.05) is 29.1 Å². The molecule has 0 saturated carbocycles. The smallest absolute Gasteiger partial charge is 0.321 e. The highest BCUT2D eigenvalue weighted by Crippen LogP contribution is 2.21. The van der Waals surface area contributed by atoms with Gasteiger partial charge in [-0.05, 0) is 17.7 Å². The van der Waals surface area contributed by atoms with Crippen LogP contribution < -0.4 is 16.0 Å². The molecule has 2 aromatic carbocycles. The quantitative estimate of drug-likeness (QED) is 0.718. The molecule has 2 aromatic rings. The fourth-order valence-electron chi connectivity index (χ4n) is 2.44. The number of carbonyl (C=O) groups excluding carboxylic acids is 2. The number of benzene rings is 2. The molecule has 0 heterocycles. The van der Waals surface area contributed by atoms with E-state index in [4.69, 9.17) is 23.2 Å². The topological polar surface area (TPSA) is 74.8 Å². The van der Waals surface area contributed by atoms with Gasteiger partial charge < -0.3 is 10.6 Å². The molecule has 0 saturated heterocycles. The summed E-state index contributed by atoms with van der Waals surface area (Å²) in [6.45, 7) is 0.627. The van der Waals surface area contributed by atoms with E-state index in [1.54, 1.807) is 12.1 Å². The van der Waals surface area contributed by atoms with Crippen molar-refractivity contribution in [2.45, 2.75) is 12.5 Å². The van der Waals surface area contributed by atoms with Crippen molar-refractivity contribution in [2.24, 2.45) is 0 Å². The van der Waals surface area contributed by atoms with Gasteiger partial charge in [0.1, 0.15) is 0 Å². The first-order chi connectivity index (χ1) is 12.0. The maximum atomic E-state index is 12.4. The molecule has 0 aliphatic rings. The van der Waals surface area contributed by atoms with Crippen molar-refractivity contribution in [3.05, 3.63) is 69.7 Å². The Morgan fingerprint density at radius 3 is 2.48 bits per heavy atom. The molecule has 7 heteroatoms. The maximum absolute atomic E-state index is 12.4. The van der Waals surface area contributed by atoms with E-state index in [0.717, 1.165) is 11.1 Å². The molecule has 132 valence electrons. The number of halogens is 2. The van der Waals surface area contributed by atoms with Crippen LogP contribution in [-0.2, 0) is 11.2 Å². The van der Waals surface area contributed by atoms with Crippen molar-refractivity contribution < 1.29 is 14.9 Å². The number of amides is 3. The van der Waals surface area contributed by atoms with E-state index in [-0.39, 0.29) is 5.91 Å². The largest absolute Gasteiger partial charge is 0.341 e. The molecule has 0 bridgehead atoms. The molecule has 0 radical (unpaired) electrons. The molecule has 5 nitrogen and oxygen atoms in total. The summed E-state index contributed by atoms with van der Waals surface area (Å²) in [5.74, 6) is -0.368. The lowest BCUT2D eigenvalue weighted by molar-refractivity contribution is -0.682. The van der Waals surface area contributed by atoms with Crippen LogP contribution in [0.25, 0.3) is 0 Å². The zero-order chi connectivity index (χ0) is 18.2. The van der Waals surface area contributed by atoms with E-state index in [1.165, 1.54) is 7.05 Å². The van der Waals surface area contributed by atoms with Crippen LogP contribution >= 0.6 is 23.2 Å². The Bertz CT molecular complexity index is 738. The summed E-state index contributed by atoms with van der Waals surface area (Å²) in [7, 11) is 1.46. The lowest BCUT2D eigenvalue weighted by atomic mass is 10.1. The SMILES string of the molecule is CNC(=O)NC(=O)[C@@H]([NH2+]CCc1ccc(Cl)cc1Cl)c1ccccc1. The van der Waals surface area contributed by atoms with E-state index in [9.17, 15) is 9.59 Å². The minimum absolute atomic E-state index is 0.368. The summed E-state index contributed by atoms with van der Waals surface area (Å²) in [4.78, 5) is 23.9. The van der Waals surface area contributed by atoms with Crippen molar-refractivity contribution in [2.75, 3.05) is 13.6 Å². The highest BCUT2D eigenvalue weighted by atomic mass is 35.5. The Morgan fingerprint density at radius 2 is 1.84 bits per heavy atom. The Hall–Kier alpha value is -2.08. The van der Waals surface area contributed by atoms with Crippen molar-refractivity contribution >= 4 is 35.1 Å². The number of hydrogen-bond acceptors (Lipinski definition) is 2. The Balaban J connectivity index is 2.05. The van der Waals surface area contributed by atoms with Gasteiger partial charge in [-0.2, -0.15) is 0 Å². The van der Waals surface area contributed by atoms with Crippen LogP contribution in [0, 0.1) is 0 Å². The average Bonchev–Trinajstić information content (AvgIpc) is 2.60. The third-order valence-electron chi connectivity index (χ3n) is 3.74. The predicted octanol–water partition coefficient (Wildman–Crippen LogP) is 2.30. The molecule has 1 atom stereocenters. The summed E-state index contributed by atoms with van der Waals surface area (Å²) in [5.41, 5.74) is 1.78. The monoisotopic (exact) mass is 380 g/mol. The van der Waals surface area contributed by atoms with Crippen LogP contribution in [0.4, 0.5) is 4.79 Å². The van der Waals surface area contributed by atoms with Crippen LogP contribution in [0.1, 0.15) is 17.2 Å². The lowest BCUT2D eigenvalue weighted by Gasteiger charge is -2.15. The highest BCUT2D eigenvalue weighted by Gasteiger charge is 2.25. The molecule has 3 amide bonds. The van der Waals surface area contributed by atoms with Crippen molar-refractivity contribution in [1.82, 2.24) is 10.6 Å². The van der Waals surface area contributed by atoms with Gasteiger partial charge in [-0.3, -0.25) is 10.1 Å². The second-order valence-corrected chi connectivity index (χ2v) is 6.31. The maximum Gasteiger partial charge on any atom is 0.321 e. The van der Waals surface area contributed by atoms with Crippen LogP contribution in [0.5, 0.6) is 0 Å². The van der Waals surface area contributed by atoms with Crippen LogP contribution in [0.15, 0.2) is 48.5 Å². The molecule has 0 fully saturated rings. The van der Waals surface area contributed by atoms with Crippen molar-refractivity contribution in [1.29, 1.82) is 0 Å². The number of quaternary nitrogens is 1. The van der Waals surface area contributed by atoms with E-state index in [1.807, 2.05) is 41.7 Å². The summed E-state index contributed by atoms with van der Waals surface area (Å²) in [6, 6.07) is 13.6. The molecule has 4 N–H and O–H groups in total. The van der Waals surface area contributed by atoms with Gasteiger partial charge in [0.25, 0.3) is 5.91 Å². The fraction of sp³-hybridized carbons (Fsp3) is 0.222. The number of hydrogen-bond donors (Lipinski definition) is 3. The summed E-state index contributed by atoms with van der Waals surface area (Å²) < 4.78 is 0. The van der Waals surface area contributed by atoms with Crippen molar-refractivity contribution in [3.8, 4) is 0 Å². The van der Waals surface area contributed by atoms with Gasteiger partial charge >= 0.3 is 6.03 Å². The minimum atomic E-state index is -0.528. The number of carbonyl (C=O) groups is 2. The molecule has 0 aliphatic carbocycles. The van der Waals surface area contributed by atoms with Gasteiger partial charge in [-0.25, -0.2) is 4.79 Å². The van der Waals surface area contributed by atoms with Crippen molar-refractivity contribution in [3.63, 3.8) is 0 Å². The average molecular weight is 381 g/mol. The molecule has 0 spiro atoms. The first kappa shape index (κ1) is 19.2. The first-order valence-electron chi connectivity index (χ1n) is 7.86. The van der Waals surface area contributed by atoms with Crippen LogP contribution in [0.2, 0.25) is 10.0 Å². The molecular weight excluding hydrogens is 361 g/mol. The molecular formula is C18H20Cl2N3O2+. The zero-order valence-electron chi connectivity index (χ0n) is 13.8. The molecule has 0 unspecified atom stereocenters. The Labute approximate surface area is 156 Å². The molecule has 0 aliphatic heterocycles. The Morgan fingerprint density at radius 1 is 1.12 bits per heavy atom. The van der Waals surface area contributed by atoms with Gasteiger partial charge in [-0.1, -0.05) is 59.6 Å². The third-order valence-corrected chi connectivity index (χ3v) is 4.32. The summed E-state index contributed by atoms with van der Waals surface area (Å²) in [6.07, 6.45) is 0.673. The number of rotatable bonds is 6. The van der Waals surface area contributed by atoms with Crippen LogP contribution in [-0.4, -0.2) is 25.5 Å². The number of urea groups is 1. The van der Waals surface area contributed by atoms with E-state index >= 15 is 0 Å². The standard InChI is InChI=1S/C18H19Cl2N3O2/c1-21-18(25)23-17(24)16(13-5-3-2-4-6-13)22-10-9-12-7-8-14(19)11-15(12)20/h2-8,11,16,22H,9-10H2,1H3,(H2,21,23,24,25)/p+1/t16-/m0/s1. The fourth-order valence-corrected chi connectivity index (χ4v) is 2.94. The Kier molecular flexibility index (Phi) is 7.25.